The number of anilines is 2. The summed E-state index contributed by atoms with van der Waals surface area (Å²) < 4.78 is 42.8. The van der Waals surface area contributed by atoms with Gasteiger partial charge >= 0.3 is 17.9 Å². The van der Waals surface area contributed by atoms with E-state index in [4.69, 9.17) is 63.6 Å². The first-order chi connectivity index (χ1) is 36.4. The molecule has 10 N–H and O–H groups in total. The van der Waals surface area contributed by atoms with Gasteiger partial charge in [-0.1, -0.05) is 23.2 Å². The number of nitrogens with two attached hydrogens (primary N) is 1. The number of fused-ring (bicyclic) bond motifs is 3. The quantitative estimate of drug-likeness (QED) is 0.0397. The molecule has 0 amide bonds. The lowest BCUT2D eigenvalue weighted by atomic mass is 9.86. The van der Waals surface area contributed by atoms with E-state index < -0.39 is 46.9 Å². The molecular weight excluding hydrogens is 1050 g/mol. The lowest BCUT2D eigenvalue weighted by Gasteiger charge is -2.25. The van der Waals surface area contributed by atoms with Crippen LogP contribution in [0.25, 0.3) is 0 Å². The van der Waals surface area contributed by atoms with Gasteiger partial charge in [0.1, 0.15) is 28.4 Å². The molecule has 3 aromatic carbocycles. The minimum atomic E-state index is -1.30. The van der Waals surface area contributed by atoms with Gasteiger partial charge in [0.15, 0.2) is 0 Å². The molecule has 3 atom stereocenters. The molecular formula is C51H58Cl2F2N6O15. The van der Waals surface area contributed by atoms with Gasteiger partial charge in [-0.2, -0.15) is 0 Å². The molecule has 0 bridgehead atoms. The molecule has 3 fully saturated rings. The van der Waals surface area contributed by atoms with Crippen molar-refractivity contribution < 1.29 is 82.4 Å². The number of nitrogens with one attached hydrogen (secondary N) is 2. The molecule has 3 saturated heterocycles. The molecule has 0 radical (unpaired) electrons. The number of ketones is 3. The zero-order valence-electron chi connectivity index (χ0n) is 40.9. The highest BCUT2D eigenvalue weighted by Gasteiger charge is 2.40. The summed E-state index contributed by atoms with van der Waals surface area (Å²) in [5.74, 6) is -6.99. The largest absolute Gasteiger partial charge is 0.478 e. The number of carbonyl (C=O) groups is 6. The lowest BCUT2D eigenvalue weighted by molar-refractivity contribution is -0.133. The molecule has 3 aromatic rings. The van der Waals surface area contributed by atoms with E-state index >= 15 is 0 Å². The Morgan fingerprint density at radius 1 is 0.526 bits per heavy atom. The summed E-state index contributed by atoms with van der Waals surface area (Å²) in [5.41, 5.74) is 7.46. The second-order valence-corrected chi connectivity index (χ2v) is 18.2. The normalized spacial score (nSPS) is 19.1. The lowest BCUT2D eigenvalue weighted by Crippen LogP contribution is -2.25. The van der Waals surface area contributed by atoms with Gasteiger partial charge in [0.25, 0.3) is 0 Å². The Balaban J connectivity index is 0.000000175. The Kier molecular flexibility index (Phi) is 21.7. The number of hydrogen-bond acceptors (Lipinski definition) is 18. The highest BCUT2D eigenvalue weighted by Crippen LogP contribution is 2.42. The van der Waals surface area contributed by atoms with Crippen LogP contribution in [0.4, 0.5) is 20.2 Å². The number of nitrogens with zero attached hydrogens (tertiary/aromatic N) is 3. The van der Waals surface area contributed by atoms with Crippen LogP contribution in [0.15, 0.2) is 71.3 Å². The topological polar surface area (TPSA) is 311 Å². The van der Waals surface area contributed by atoms with Crippen molar-refractivity contribution in [2.75, 3.05) is 129 Å². The SMILES string of the molecule is NCCOCCO.O=C(O)C1=CC(N2CC2)c2cc(Cl)c(F)cc2C1=O.O=C(O)C1=CC(N2CC2)c2cc(Cl)c(NCCOCCO)cc2C1=O.O=C(O)C1=CC(N2CC2)c2cc(NCCOCCO)c(F)cc2C1=O. The van der Waals surface area contributed by atoms with E-state index in [0.29, 0.717) is 73.5 Å². The fourth-order valence-corrected chi connectivity index (χ4v) is 8.67. The molecule has 76 heavy (non-hydrogen) atoms. The number of carboxylic acid groups (broad SMARTS) is 3. The molecule has 21 nitrogen and oxygen atoms in total. The van der Waals surface area contributed by atoms with Crippen LogP contribution in [-0.2, 0) is 28.6 Å². The standard InChI is InChI=1S/C17H19ClN2O5.C17H19FN2O5.C13H9ClFNO3.C4H11NO2/c18-13-7-10-11(8-14(13)19-1-5-25-6-4-21)16(22)12(17(23)24)9-15(10)20-2-3-20;18-13-7-11-10(8-14(13)19-1-5-25-6-4-21)15(20-2-3-20)9-12(16(11)22)17(23)24;14-9-3-6-7(4-10(9)15)12(17)8(13(18)19)5-11(6)16-1-2-16;5-1-3-7-4-2-6/h2*7-9,15,19,21H,1-6H2,(H,23,24);3-5,11H,1-2H2,(H,18,19);6H,1-5H2. The summed E-state index contributed by atoms with van der Waals surface area (Å²) in [4.78, 5) is 76.7. The molecule has 0 aromatic heterocycles. The maximum absolute atomic E-state index is 14.3. The maximum atomic E-state index is 14.3. The Bertz CT molecular complexity index is 2760. The molecule has 410 valence electrons. The predicted octanol–water partition coefficient (Wildman–Crippen LogP) is 3.13. The Hall–Kier alpha value is -6.06. The number of carboxylic acids is 3. The number of hydrogen-bond donors (Lipinski definition) is 9. The van der Waals surface area contributed by atoms with Gasteiger partial charge in [0.05, 0.1) is 99.0 Å². The third kappa shape index (κ3) is 15.3. The van der Waals surface area contributed by atoms with E-state index in [9.17, 15) is 47.8 Å². The monoisotopic (exact) mass is 1100 g/mol. The van der Waals surface area contributed by atoms with E-state index in [0.717, 1.165) is 57.0 Å². The number of ether oxygens (including phenoxy) is 3. The van der Waals surface area contributed by atoms with Gasteiger partial charge in [-0.25, -0.2) is 23.2 Å². The number of carbonyl (C=O) groups excluding carboxylic acids is 3. The number of Topliss-reactive ketones (excluding diaryl/α,β-unsaturated/α-hetero) is 3. The minimum absolute atomic E-state index is 0.0453. The predicted molar refractivity (Wildman–Crippen MR) is 272 cm³/mol. The summed E-state index contributed by atoms with van der Waals surface area (Å²) in [5, 5.41) is 59.4. The third-order valence-corrected chi connectivity index (χ3v) is 12.8. The zero-order valence-corrected chi connectivity index (χ0v) is 42.5. The number of benzene rings is 3. The van der Waals surface area contributed by atoms with Crippen molar-refractivity contribution in [3.05, 3.63) is 126 Å². The van der Waals surface area contributed by atoms with E-state index in [1.54, 1.807) is 18.2 Å². The Labute approximate surface area is 444 Å². The average molecular weight is 1100 g/mol. The molecule has 9 rings (SSSR count). The van der Waals surface area contributed by atoms with Crippen LogP contribution < -0.4 is 16.4 Å². The summed E-state index contributed by atoms with van der Waals surface area (Å²) in [6.45, 7) is 8.32. The highest BCUT2D eigenvalue weighted by molar-refractivity contribution is 6.34. The van der Waals surface area contributed by atoms with Crippen molar-refractivity contribution in [3.8, 4) is 0 Å². The van der Waals surface area contributed by atoms with Crippen molar-refractivity contribution in [1.29, 1.82) is 0 Å². The van der Waals surface area contributed by atoms with Crippen molar-refractivity contribution >= 4 is 69.8 Å². The maximum Gasteiger partial charge on any atom is 0.339 e. The van der Waals surface area contributed by atoms with Crippen molar-refractivity contribution in [2.45, 2.75) is 18.1 Å². The highest BCUT2D eigenvalue weighted by atomic mass is 35.5. The van der Waals surface area contributed by atoms with E-state index in [2.05, 4.69) is 15.5 Å². The van der Waals surface area contributed by atoms with Gasteiger partial charge < -0.3 is 61.2 Å². The van der Waals surface area contributed by atoms with Crippen molar-refractivity contribution in [1.82, 2.24) is 14.7 Å². The first kappa shape index (κ1) is 59.2. The van der Waals surface area contributed by atoms with Crippen LogP contribution in [0.1, 0.15) is 65.9 Å². The summed E-state index contributed by atoms with van der Waals surface area (Å²) in [6, 6.07) is 7.52. The van der Waals surface area contributed by atoms with Crippen molar-refractivity contribution in [2.24, 2.45) is 5.73 Å². The molecule has 6 aliphatic rings. The number of aliphatic hydroxyl groups is 3. The van der Waals surface area contributed by atoms with E-state index in [1.165, 1.54) is 24.3 Å². The van der Waals surface area contributed by atoms with Gasteiger partial charge in [-0.15, -0.1) is 0 Å². The van der Waals surface area contributed by atoms with Crippen molar-refractivity contribution in [3.63, 3.8) is 0 Å². The first-order valence-electron chi connectivity index (χ1n) is 24.1. The van der Waals surface area contributed by atoms with Crippen LogP contribution in [0.2, 0.25) is 10.0 Å². The number of halogens is 4. The van der Waals surface area contributed by atoms with Gasteiger partial charge in [0, 0.05) is 75.6 Å². The molecule has 25 heteroatoms. The second kappa shape index (κ2) is 27.8. The molecule has 3 aliphatic heterocycles. The van der Waals surface area contributed by atoms with Crippen LogP contribution >= 0.6 is 23.2 Å². The Morgan fingerprint density at radius 2 is 0.882 bits per heavy atom. The van der Waals surface area contributed by atoms with Gasteiger partial charge in [-0.05, 0) is 71.3 Å². The van der Waals surface area contributed by atoms with Gasteiger partial charge in [0.2, 0.25) is 17.3 Å². The molecule has 0 saturated carbocycles. The second-order valence-electron chi connectivity index (χ2n) is 17.4. The van der Waals surface area contributed by atoms with Crippen LogP contribution in [0, 0.1) is 11.6 Å². The molecule has 3 unspecified atom stereocenters. The Morgan fingerprint density at radius 3 is 1.26 bits per heavy atom. The fraction of sp³-hybridized carbons (Fsp3) is 0.412. The number of aliphatic hydroxyl groups excluding tert-OH is 3. The van der Waals surface area contributed by atoms with E-state index in [-0.39, 0.29) is 89.7 Å². The summed E-state index contributed by atoms with van der Waals surface area (Å²) in [7, 11) is 0. The average Bonchev–Trinajstić information content (AvgIpc) is 4.21. The number of rotatable bonds is 22. The van der Waals surface area contributed by atoms with Crippen LogP contribution in [0.5, 0.6) is 0 Å². The van der Waals surface area contributed by atoms with Gasteiger partial charge in [-0.3, -0.25) is 29.1 Å². The summed E-state index contributed by atoms with van der Waals surface area (Å²) >= 11 is 12.1. The van der Waals surface area contributed by atoms with Crippen LogP contribution in [-0.4, -0.2) is 199 Å². The van der Waals surface area contributed by atoms with E-state index in [1.807, 2.05) is 9.80 Å². The minimum Gasteiger partial charge on any atom is -0.478 e. The molecule has 0 spiro atoms. The first-order valence-corrected chi connectivity index (χ1v) is 24.8. The zero-order chi connectivity index (χ0) is 55.2. The third-order valence-electron chi connectivity index (χ3n) is 12.2. The number of aliphatic carboxylic acids is 3. The fourth-order valence-electron chi connectivity index (χ4n) is 8.26. The molecule has 3 aliphatic carbocycles. The molecule has 3 heterocycles. The smallest absolute Gasteiger partial charge is 0.339 e. The van der Waals surface area contributed by atoms with Crippen LogP contribution in [0.3, 0.4) is 0 Å². The summed E-state index contributed by atoms with van der Waals surface area (Å²) in [6.07, 6.45) is 4.35.